The highest BCUT2D eigenvalue weighted by molar-refractivity contribution is 7.86. The second kappa shape index (κ2) is 5.17. The molecule has 1 atom stereocenters. The average molecular weight is 267 g/mol. The highest BCUT2D eigenvalue weighted by Crippen LogP contribution is 2.27. The molecule has 1 rings (SSSR count). The van der Waals surface area contributed by atoms with Crippen molar-refractivity contribution in [3.63, 3.8) is 0 Å². The maximum atomic E-state index is 12.2. The number of carboxylic acid groups (broad SMARTS) is 1. The number of hydrogen-bond donors (Lipinski definition) is 2. The van der Waals surface area contributed by atoms with Crippen LogP contribution in [-0.4, -0.2) is 27.3 Å². The first-order valence-electron chi connectivity index (χ1n) is 4.35. The van der Waals surface area contributed by atoms with Gasteiger partial charge < -0.3 is 10.4 Å². The molecular formula is C9H8F3NO3S. The molecule has 0 aliphatic carbocycles. The van der Waals surface area contributed by atoms with Crippen LogP contribution in [0.3, 0.4) is 0 Å². The fraction of sp³-hybridized carbons (Fsp3) is 0.222. The summed E-state index contributed by atoms with van der Waals surface area (Å²) in [7, 11) is -3.11. The highest BCUT2D eigenvalue weighted by atomic mass is 32.2. The predicted molar refractivity (Wildman–Crippen MR) is 55.0 cm³/mol. The summed E-state index contributed by atoms with van der Waals surface area (Å²) in [6.07, 6.45) is 0. The molecule has 0 radical (unpaired) electrons. The van der Waals surface area contributed by atoms with Crippen LogP contribution in [0.15, 0.2) is 29.2 Å². The molecule has 0 amide bonds. The van der Waals surface area contributed by atoms with Crippen molar-refractivity contribution < 1.29 is 27.3 Å². The standard InChI is InChI=1S/C9H8F3NO3S/c10-9(11,12)17(16)7-3-1-2-6(4-7)13-5-8(14)15/h1-4,13H,5H2,(H,14,15). The molecule has 0 aliphatic rings. The van der Waals surface area contributed by atoms with Gasteiger partial charge in [-0.05, 0) is 18.2 Å². The van der Waals surface area contributed by atoms with E-state index in [1.165, 1.54) is 12.1 Å². The Morgan fingerprint density at radius 3 is 2.59 bits per heavy atom. The highest BCUT2D eigenvalue weighted by Gasteiger charge is 2.37. The van der Waals surface area contributed by atoms with E-state index in [9.17, 15) is 22.2 Å². The summed E-state index contributed by atoms with van der Waals surface area (Å²) in [6.45, 7) is -0.428. The van der Waals surface area contributed by atoms with Crippen LogP contribution in [0.2, 0.25) is 0 Å². The lowest BCUT2D eigenvalue weighted by Gasteiger charge is -2.08. The zero-order valence-electron chi connectivity index (χ0n) is 8.32. The molecule has 94 valence electrons. The molecule has 1 aromatic carbocycles. The summed E-state index contributed by atoms with van der Waals surface area (Å²) < 4.78 is 47.5. The molecular weight excluding hydrogens is 259 g/mol. The zero-order chi connectivity index (χ0) is 13.1. The third kappa shape index (κ3) is 4.06. The molecule has 0 spiro atoms. The first kappa shape index (κ1) is 13.5. The number of alkyl halides is 3. The molecule has 8 heteroatoms. The van der Waals surface area contributed by atoms with Crippen molar-refractivity contribution in [2.24, 2.45) is 0 Å². The lowest BCUT2D eigenvalue weighted by atomic mass is 10.3. The van der Waals surface area contributed by atoms with E-state index in [4.69, 9.17) is 5.11 Å². The fourth-order valence-electron chi connectivity index (χ4n) is 1.03. The number of anilines is 1. The Balaban J connectivity index is 2.86. The van der Waals surface area contributed by atoms with Crippen LogP contribution in [0, 0.1) is 0 Å². The molecule has 0 aliphatic heterocycles. The van der Waals surface area contributed by atoms with E-state index in [-0.39, 0.29) is 5.69 Å². The van der Waals surface area contributed by atoms with Gasteiger partial charge in [-0.1, -0.05) is 6.07 Å². The van der Waals surface area contributed by atoms with Crippen LogP contribution < -0.4 is 5.32 Å². The summed E-state index contributed by atoms with van der Waals surface area (Å²) in [6, 6.07) is 4.73. The van der Waals surface area contributed by atoms with E-state index in [0.29, 0.717) is 0 Å². The Morgan fingerprint density at radius 1 is 1.41 bits per heavy atom. The Hall–Kier alpha value is -1.57. The third-order valence-corrected chi connectivity index (χ3v) is 2.80. The molecule has 0 saturated heterocycles. The predicted octanol–water partition coefficient (Wildman–Crippen LogP) is 1.81. The smallest absolute Gasteiger partial charge is 0.475 e. The number of hydrogen-bond acceptors (Lipinski definition) is 3. The van der Waals surface area contributed by atoms with Crippen molar-refractivity contribution in [3.05, 3.63) is 24.3 Å². The summed E-state index contributed by atoms with van der Waals surface area (Å²) in [5.41, 5.74) is -4.66. The number of carbonyl (C=O) groups is 1. The van der Waals surface area contributed by atoms with E-state index in [2.05, 4.69) is 5.32 Å². The third-order valence-electron chi connectivity index (χ3n) is 1.70. The molecule has 4 nitrogen and oxygen atoms in total. The lowest BCUT2D eigenvalue weighted by molar-refractivity contribution is -0.134. The van der Waals surface area contributed by atoms with Gasteiger partial charge in [0.1, 0.15) is 6.54 Å². The number of aliphatic carboxylic acids is 1. The van der Waals surface area contributed by atoms with Crippen molar-refractivity contribution in [1.82, 2.24) is 0 Å². The van der Waals surface area contributed by atoms with E-state index in [0.717, 1.165) is 12.1 Å². The summed E-state index contributed by atoms with van der Waals surface area (Å²) in [4.78, 5) is 9.82. The first-order chi connectivity index (χ1) is 7.80. The molecule has 2 N–H and O–H groups in total. The second-order valence-electron chi connectivity index (χ2n) is 2.99. The van der Waals surface area contributed by atoms with Crippen LogP contribution in [-0.2, 0) is 15.6 Å². The Kier molecular flexibility index (Phi) is 4.11. The largest absolute Gasteiger partial charge is 0.480 e. The average Bonchev–Trinajstić information content (AvgIpc) is 2.24. The molecule has 0 bridgehead atoms. The van der Waals surface area contributed by atoms with E-state index < -0.39 is 33.7 Å². The van der Waals surface area contributed by atoms with Gasteiger partial charge in [-0.15, -0.1) is 0 Å². The molecule has 0 fully saturated rings. The van der Waals surface area contributed by atoms with Crippen molar-refractivity contribution in [1.29, 1.82) is 0 Å². The van der Waals surface area contributed by atoms with Gasteiger partial charge in [-0.25, -0.2) is 4.21 Å². The molecule has 1 aromatic rings. The summed E-state index contributed by atoms with van der Waals surface area (Å²) in [5, 5.41) is 10.8. The lowest BCUT2D eigenvalue weighted by Crippen LogP contribution is -2.17. The topological polar surface area (TPSA) is 66.4 Å². The maximum absolute atomic E-state index is 12.2. The van der Waals surface area contributed by atoms with Gasteiger partial charge in [0.2, 0.25) is 0 Å². The fourth-order valence-corrected chi connectivity index (χ4v) is 1.74. The second-order valence-corrected chi connectivity index (χ2v) is 4.46. The van der Waals surface area contributed by atoms with Crippen molar-refractivity contribution >= 4 is 22.5 Å². The number of nitrogens with one attached hydrogen (secondary N) is 1. The SMILES string of the molecule is O=C(O)CNc1cccc(S(=O)C(F)(F)F)c1. The maximum Gasteiger partial charge on any atom is 0.475 e. The Morgan fingerprint density at radius 2 is 2.06 bits per heavy atom. The number of rotatable bonds is 4. The molecule has 0 saturated carbocycles. The van der Waals surface area contributed by atoms with E-state index in [1.807, 2.05) is 0 Å². The number of halogens is 3. The summed E-state index contributed by atoms with van der Waals surface area (Å²) >= 11 is 0. The van der Waals surface area contributed by atoms with E-state index >= 15 is 0 Å². The van der Waals surface area contributed by atoms with Gasteiger partial charge >= 0.3 is 11.5 Å². The van der Waals surface area contributed by atoms with Crippen molar-refractivity contribution in [2.75, 3.05) is 11.9 Å². The molecule has 0 heterocycles. The first-order valence-corrected chi connectivity index (χ1v) is 5.50. The van der Waals surface area contributed by atoms with Gasteiger partial charge in [-0.2, -0.15) is 13.2 Å². The van der Waals surface area contributed by atoms with Gasteiger partial charge in [-0.3, -0.25) is 4.79 Å². The van der Waals surface area contributed by atoms with Crippen LogP contribution in [0.1, 0.15) is 0 Å². The molecule has 1 unspecified atom stereocenters. The van der Waals surface area contributed by atoms with Crippen LogP contribution >= 0.6 is 0 Å². The van der Waals surface area contributed by atoms with Gasteiger partial charge in [0.25, 0.3) is 0 Å². The Bertz CT molecular complexity index is 447. The normalized spacial score (nSPS) is 13.1. The van der Waals surface area contributed by atoms with Gasteiger partial charge in [0.05, 0.1) is 0 Å². The monoisotopic (exact) mass is 267 g/mol. The van der Waals surface area contributed by atoms with Crippen molar-refractivity contribution in [3.8, 4) is 0 Å². The van der Waals surface area contributed by atoms with Gasteiger partial charge in [0.15, 0.2) is 10.8 Å². The minimum absolute atomic E-state index is 0.169. The van der Waals surface area contributed by atoms with Crippen LogP contribution in [0.4, 0.5) is 18.9 Å². The minimum Gasteiger partial charge on any atom is -0.480 e. The summed E-state index contributed by atoms with van der Waals surface area (Å²) in [5.74, 6) is -1.15. The van der Waals surface area contributed by atoms with Crippen LogP contribution in [0.25, 0.3) is 0 Å². The quantitative estimate of drug-likeness (QED) is 0.873. The number of benzene rings is 1. The van der Waals surface area contributed by atoms with Crippen LogP contribution in [0.5, 0.6) is 0 Å². The molecule has 0 aromatic heterocycles. The zero-order valence-corrected chi connectivity index (χ0v) is 9.14. The Labute approximate surface area is 96.9 Å². The number of carboxylic acids is 1. The molecule has 17 heavy (non-hydrogen) atoms. The van der Waals surface area contributed by atoms with Gasteiger partial charge in [0, 0.05) is 10.6 Å². The van der Waals surface area contributed by atoms with Crippen molar-refractivity contribution in [2.45, 2.75) is 10.4 Å². The van der Waals surface area contributed by atoms with E-state index in [1.54, 1.807) is 0 Å². The minimum atomic E-state index is -4.83.